The molecular formula is C23H29F2NO2Si. The number of carbonyl (C=O) groups excluding carboxylic acids is 1. The lowest BCUT2D eigenvalue weighted by Crippen LogP contribution is -2.24. The highest BCUT2D eigenvalue weighted by Crippen LogP contribution is 2.46. The van der Waals surface area contributed by atoms with E-state index in [0.717, 1.165) is 35.1 Å². The van der Waals surface area contributed by atoms with Crippen molar-refractivity contribution in [3.63, 3.8) is 0 Å². The maximum Gasteiger partial charge on any atom is 0.306 e. The summed E-state index contributed by atoms with van der Waals surface area (Å²) < 4.78 is 36.2. The minimum absolute atomic E-state index is 0.0222. The molecule has 0 radical (unpaired) electrons. The fourth-order valence-corrected chi connectivity index (χ4v) is 5.24. The molecule has 29 heavy (non-hydrogen) atoms. The van der Waals surface area contributed by atoms with Crippen LogP contribution >= 0.6 is 0 Å². The first-order chi connectivity index (χ1) is 13.8. The van der Waals surface area contributed by atoms with Crippen molar-refractivity contribution in [1.29, 1.82) is 0 Å². The third kappa shape index (κ3) is 4.43. The zero-order valence-corrected chi connectivity index (χ0v) is 19.0. The van der Waals surface area contributed by atoms with Crippen LogP contribution in [0.4, 0.5) is 8.78 Å². The Hall–Kier alpha value is -2.05. The SMILES string of the molecule is CCOC(=O)C[C@H]([SiH2]N)c1c(F)c(-c2c(C)cc(C)cc2C)cc(C2CC2)c1F. The van der Waals surface area contributed by atoms with Gasteiger partial charge in [0.05, 0.1) is 22.7 Å². The lowest BCUT2D eigenvalue weighted by atomic mass is 9.89. The van der Waals surface area contributed by atoms with Gasteiger partial charge in [-0.2, -0.15) is 0 Å². The fraction of sp³-hybridized carbons (Fsp3) is 0.435. The summed E-state index contributed by atoms with van der Waals surface area (Å²) in [6, 6.07) is 5.70. The number of aryl methyl sites for hydroxylation is 3. The van der Waals surface area contributed by atoms with E-state index in [0.29, 0.717) is 11.1 Å². The number of hydrogen-bond donors (Lipinski definition) is 1. The Morgan fingerprint density at radius 2 is 1.79 bits per heavy atom. The Kier molecular flexibility index (Phi) is 6.54. The molecule has 156 valence electrons. The van der Waals surface area contributed by atoms with E-state index in [4.69, 9.17) is 10.1 Å². The molecule has 1 aliphatic carbocycles. The number of esters is 1. The lowest BCUT2D eigenvalue weighted by molar-refractivity contribution is -0.143. The first-order valence-electron chi connectivity index (χ1n) is 10.2. The van der Waals surface area contributed by atoms with Gasteiger partial charge in [-0.15, -0.1) is 0 Å². The Balaban J connectivity index is 2.20. The summed E-state index contributed by atoms with van der Waals surface area (Å²) in [7, 11) is -1.40. The van der Waals surface area contributed by atoms with Gasteiger partial charge in [0.15, 0.2) is 0 Å². The van der Waals surface area contributed by atoms with Crippen LogP contribution in [0.5, 0.6) is 0 Å². The third-order valence-corrected chi connectivity index (χ3v) is 6.90. The Labute approximate surface area is 173 Å². The molecule has 0 heterocycles. The fourth-order valence-electron chi connectivity index (χ4n) is 4.24. The van der Waals surface area contributed by atoms with Crippen LogP contribution in [0.1, 0.15) is 65.5 Å². The minimum atomic E-state index is -1.40. The van der Waals surface area contributed by atoms with Crippen LogP contribution in [0.2, 0.25) is 0 Å². The monoisotopic (exact) mass is 417 g/mol. The number of ether oxygens (including phenoxy) is 1. The quantitative estimate of drug-likeness (QED) is 0.534. The zero-order chi connectivity index (χ0) is 21.3. The van der Waals surface area contributed by atoms with Crippen LogP contribution in [-0.2, 0) is 9.53 Å². The molecule has 0 unspecified atom stereocenters. The van der Waals surface area contributed by atoms with Crippen molar-refractivity contribution in [3.05, 3.63) is 57.7 Å². The summed E-state index contributed by atoms with van der Waals surface area (Å²) >= 11 is 0. The Morgan fingerprint density at radius 1 is 1.17 bits per heavy atom. The number of rotatable bonds is 7. The van der Waals surface area contributed by atoms with E-state index < -0.39 is 32.8 Å². The second-order valence-electron chi connectivity index (χ2n) is 8.04. The van der Waals surface area contributed by atoms with Gasteiger partial charge in [0.1, 0.15) is 11.6 Å². The molecular weight excluding hydrogens is 388 g/mol. The van der Waals surface area contributed by atoms with Gasteiger partial charge in [-0.3, -0.25) is 4.79 Å². The highest BCUT2D eigenvalue weighted by Gasteiger charge is 2.34. The summed E-state index contributed by atoms with van der Waals surface area (Å²) in [5, 5.41) is 6.00. The van der Waals surface area contributed by atoms with Crippen LogP contribution in [0.25, 0.3) is 11.1 Å². The topological polar surface area (TPSA) is 52.3 Å². The van der Waals surface area contributed by atoms with Crippen molar-refractivity contribution in [2.45, 2.75) is 58.4 Å². The predicted molar refractivity (Wildman–Crippen MR) is 115 cm³/mol. The number of carbonyl (C=O) groups is 1. The van der Waals surface area contributed by atoms with Crippen molar-refractivity contribution >= 4 is 15.7 Å². The van der Waals surface area contributed by atoms with E-state index >= 15 is 8.78 Å². The van der Waals surface area contributed by atoms with Gasteiger partial charge in [-0.05, 0) is 74.8 Å². The van der Waals surface area contributed by atoms with E-state index in [9.17, 15) is 4.79 Å². The average molecular weight is 418 g/mol. The second kappa shape index (κ2) is 8.75. The van der Waals surface area contributed by atoms with Crippen LogP contribution in [0.15, 0.2) is 18.2 Å². The predicted octanol–water partition coefficient (Wildman–Crippen LogP) is 4.47. The van der Waals surface area contributed by atoms with Crippen molar-refractivity contribution in [3.8, 4) is 11.1 Å². The molecule has 2 aromatic rings. The number of halogens is 2. The number of benzene rings is 2. The first-order valence-corrected chi connectivity index (χ1v) is 11.9. The van der Waals surface area contributed by atoms with Crippen molar-refractivity contribution in [1.82, 2.24) is 0 Å². The molecule has 3 rings (SSSR count). The summed E-state index contributed by atoms with van der Waals surface area (Å²) in [5.41, 5.74) is 4.11. The van der Waals surface area contributed by atoms with E-state index in [1.54, 1.807) is 13.0 Å². The van der Waals surface area contributed by atoms with Crippen LogP contribution < -0.4 is 5.40 Å². The van der Waals surface area contributed by atoms with Gasteiger partial charge in [0.2, 0.25) is 0 Å². The molecule has 0 aromatic heterocycles. The maximum absolute atomic E-state index is 15.8. The van der Waals surface area contributed by atoms with Crippen molar-refractivity contribution in [2.24, 2.45) is 5.40 Å². The molecule has 0 amide bonds. The molecule has 0 aliphatic heterocycles. The smallest absolute Gasteiger partial charge is 0.306 e. The molecule has 0 saturated heterocycles. The first kappa shape index (κ1) is 21.7. The third-order valence-electron chi connectivity index (χ3n) is 5.64. The van der Waals surface area contributed by atoms with Gasteiger partial charge < -0.3 is 10.1 Å². The molecule has 1 saturated carbocycles. The van der Waals surface area contributed by atoms with E-state index in [2.05, 4.69) is 0 Å². The van der Waals surface area contributed by atoms with Gasteiger partial charge in [-0.25, -0.2) is 8.78 Å². The molecule has 1 aliphatic rings. The number of hydrogen-bond acceptors (Lipinski definition) is 3. The molecule has 0 spiro atoms. The molecule has 6 heteroatoms. The number of nitrogens with two attached hydrogens (primary N) is 1. The summed E-state index contributed by atoms with van der Waals surface area (Å²) in [4.78, 5) is 12.0. The molecule has 1 atom stereocenters. The normalized spacial score (nSPS) is 15.1. The standard InChI is InChI=1S/C23H29F2NO2Si/c1-5-28-19(27)11-18(29-26)21-22(24)16(15-6-7-15)10-17(23(21)25)20-13(3)8-12(2)9-14(20)4/h8-10,15,18H,5-7,11,26,29H2,1-4H3/t18-/m0/s1. The highest BCUT2D eigenvalue weighted by atomic mass is 28.2. The van der Waals surface area contributed by atoms with Gasteiger partial charge in [-0.1, -0.05) is 17.7 Å². The minimum Gasteiger partial charge on any atom is -0.466 e. The second-order valence-corrected chi connectivity index (χ2v) is 9.50. The Morgan fingerprint density at radius 3 is 2.31 bits per heavy atom. The van der Waals surface area contributed by atoms with Gasteiger partial charge in [0.25, 0.3) is 0 Å². The Bertz CT molecular complexity index is 918. The largest absolute Gasteiger partial charge is 0.466 e. The highest BCUT2D eigenvalue weighted by molar-refractivity contribution is 6.34. The van der Waals surface area contributed by atoms with Crippen LogP contribution in [0, 0.1) is 32.4 Å². The molecule has 1 fully saturated rings. The summed E-state index contributed by atoms with van der Waals surface area (Å²) in [6.45, 7) is 7.84. The van der Waals surface area contributed by atoms with E-state index in [-0.39, 0.29) is 24.5 Å². The van der Waals surface area contributed by atoms with Crippen LogP contribution in [0.3, 0.4) is 0 Å². The molecule has 0 bridgehead atoms. The van der Waals surface area contributed by atoms with E-state index in [1.165, 1.54) is 0 Å². The maximum atomic E-state index is 15.8. The van der Waals surface area contributed by atoms with Gasteiger partial charge >= 0.3 is 5.97 Å². The summed E-state index contributed by atoms with van der Waals surface area (Å²) in [5.74, 6) is -1.46. The van der Waals surface area contributed by atoms with Crippen molar-refractivity contribution < 1.29 is 18.3 Å². The lowest BCUT2D eigenvalue weighted by Gasteiger charge is -2.22. The molecule has 2 N–H and O–H groups in total. The van der Waals surface area contributed by atoms with Gasteiger partial charge in [0, 0.05) is 16.7 Å². The molecule has 2 aromatic carbocycles. The van der Waals surface area contributed by atoms with Crippen molar-refractivity contribution in [2.75, 3.05) is 6.61 Å². The van der Waals surface area contributed by atoms with Crippen LogP contribution in [-0.4, -0.2) is 22.3 Å². The zero-order valence-electron chi connectivity index (χ0n) is 17.6. The molecule has 3 nitrogen and oxygen atoms in total. The van der Waals surface area contributed by atoms with E-state index in [1.807, 2.05) is 32.9 Å². The average Bonchev–Trinajstić information content (AvgIpc) is 3.47. The summed E-state index contributed by atoms with van der Waals surface area (Å²) in [6.07, 6.45) is 1.72.